The lowest BCUT2D eigenvalue weighted by Crippen LogP contribution is -2.63. The topological polar surface area (TPSA) is 33.1 Å². The number of fused-ring (bicyclic) bond motifs is 11. The third-order valence-corrected chi connectivity index (χ3v) is 17.5. The smallest absolute Gasteiger partial charge is 0.256 e. The number of anilines is 9. The van der Waals surface area contributed by atoms with E-state index in [1.807, 2.05) is 0 Å². The van der Waals surface area contributed by atoms with E-state index in [1.165, 1.54) is 32.8 Å². The summed E-state index contributed by atoms with van der Waals surface area (Å²) < 4.78 is 17.5. The van der Waals surface area contributed by atoms with Crippen molar-refractivity contribution in [2.75, 3.05) is 14.7 Å². The summed E-state index contributed by atoms with van der Waals surface area (Å²) in [7, 11) is 0. The molecule has 0 aliphatic carbocycles. The van der Waals surface area contributed by atoms with Crippen LogP contribution in [0.3, 0.4) is 0 Å². The first kappa shape index (κ1) is 48.3. The number of aromatic nitrogens is 1. The van der Waals surface area contributed by atoms with Gasteiger partial charge in [-0.2, -0.15) is 0 Å². The molecule has 0 bridgehead atoms. The van der Waals surface area contributed by atoms with E-state index in [4.69, 9.17) is 9.47 Å². The molecule has 0 fully saturated rings. The Hall–Kier alpha value is -9.65. The fourth-order valence-corrected chi connectivity index (χ4v) is 13.7. The Labute approximate surface area is 480 Å². The number of ether oxygens (including phenoxy) is 2. The molecule has 0 saturated carbocycles. The third-order valence-electron chi connectivity index (χ3n) is 17.5. The monoisotopic (exact) mass is 1060 g/mol. The summed E-state index contributed by atoms with van der Waals surface area (Å²) in [6, 6.07) is 88.9. The van der Waals surface area contributed by atoms with E-state index < -0.39 is 0 Å². The van der Waals surface area contributed by atoms with Crippen LogP contribution in [0.2, 0.25) is 0 Å². The van der Waals surface area contributed by atoms with E-state index in [0.29, 0.717) is 0 Å². The first-order chi connectivity index (χ1) is 39.9. The van der Waals surface area contributed by atoms with Crippen LogP contribution in [0.5, 0.6) is 23.0 Å². The summed E-state index contributed by atoms with van der Waals surface area (Å²) in [5, 5.41) is 2.49. The van der Waals surface area contributed by atoms with Gasteiger partial charge in [0.15, 0.2) is 0 Å². The maximum atomic E-state index is 7.56. The zero-order valence-corrected chi connectivity index (χ0v) is 46.9. The Morgan fingerprint density at radius 3 is 1.23 bits per heavy atom. The molecule has 82 heavy (non-hydrogen) atoms. The van der Waals surface area contributed by atoms with Crippen LogP contribution in [0, 0.1) is 0 Å². The Bertz CT molecular complexity index is 4460. The normalized spacial score (nSPS) is 13.6. The fraction of sp³-hybridized carbons (Fsp3) is 0.108. The van der Waals surface area contributed by atoms with Gasteiger partial charge < -0.3 is 28.7 Å². The van der Waals surface area contributed by atoms with Gasteiger partial charge in [0, 0.05) is 74.5 Å². The quantitative estimate of drug-likeness (QED) is 0.155. The number of para-hydroxylation sites is 6. The molecule has 392 valence electrons. The van der Waals surface area contributed by atoms with Gasteiger partial charge in [-0.25, -0.2) is 0 Å². The van der Waals surface area contributed by atoms with E-state index in [0.717, 1.165) is 113 Å². The van der Waals surface area contributed by atoms with Crippen molar-refractivity contribution in [3.8, 4) is 28.7 Å². The molecular formula is C74H58B2N4O2. The van der Waals surface area contributed by atoms with Gasteiger partial charge in [0.05, 0.1) is 22.4 Å². The van der Waals surface area contributed by atoms with Gasteiger partial charge in [-0.05, 0) is 152 Å². The zero-order chi connectivity index (χ0) is 55.2. The van der Waals surface area contributed by atoms with E-state index in [9.17, 15) is 0 Å². The molecule has 0 amide bonds. The van der Waals surface area contributed by atoms with Crippen molar-refractivity contribution >= 4 is 119 Å². The number of rotatable bonds is 6. The van der Waals surface area contributed by atoms with Gasteiger partial charge >= 0.3 is 0 Å². The minimum Gasteiger partial charge on any atom is -0.458 e. The molecule has 8 heteroatoms. The highest BCUT2D eigenvalue weighted by Crippen LogP contribution is 2.49. The molecule has 4 aliphatic rings. The predicted molar refractivity (Wildman–Crippen MR) is 345 cm³/mol. The summed E-state index contributed by atoms with van der Waals surface area (Å²) in [6.45, 7) is 13.5. The molecule has 0 atom stereocenters. The first-order valence-corrected chi connectivity index (χ1v) is 28.7. The molecule has 0 spiro atoms. The molecule has 6 nitrogen and oxygen atoms in total. The maximum Gasteiger partial charge on any atom is 0.256 e. The summed E-state index contributed by atoms with van der Waals surface area (Å²) >= 11 is 0. The second-order valence-corrected chi connectivity index (χ2v) is 24.5. The van der Waals surface area contributed by atoms with Crippen molar-refractivity contribution in [1.82, 2.24) is 4.57 Å². The lowest BCUT2D eigenvalue weighted by molar-refractivity contribution is 0.465. The minimum absolute atomic E-state index is 0.0246. The van der Waals surface area contributed by atoms with Gasteiger partial charge in [0.25, 0.3) is 13.4 Å². The highest BCUT2D eigenvalue weighted by Gasteiger charge is 2.47. The van der Waals surface area contributed by atoms with Crippen LogP contribution in [0.25, 0.3) is 27.5 Å². The molecule has 12 aromatic rings. The van der Waals surface area contributed by atoms with Crippen molar-refractivity contribution in [2.45, 2.75) is 52.4 Å². The molecule has 1 aromatic heterocycles. The predicted octanol–water partition coefficient (Wildman–Crippen LogP) is 15.7. The van der Waals surface area contributed by atoms with Crippen LogP contribution in [0.1, 0.15) is 52.7 Å². The van der Waals surface area contributed by atoms with E-state index in [-0.39, 0.29) is 24.3 Å². The first-order valence-electron chi connectivity index (χ1n) is 28.7. The van der Waals surface area contributed by atoms with Crippen LogP contribution in [0.15, 0.2) is 243 Å². The summed E-state index contributed by atoms with van der Waals surface area (Å²) in [4.78, 5) is 7.22. The van der Waals surface area contributed by atoms with Gasteiger partial charge in [-0.15, -0.1) is 0 Å². The average Bonchev–Trinajstić information content (AvgIpc) is 1.31. The molecule has 0 radical (unpaired) electrons. The Balaban J connectivity index is 0.936. The lowest BCUT2D eigenvalue weighted by Gasteiger charge is -2.42. The number of hydrogen-bond acceptors (Lipinski definition) is 5. The van der Waals surface area contributed by atoms with E-state index in [2.05, 4.69) is 303 Å². The second kappa shape index (κ2) is 17.9. The van der Waals surface area contributed by atoms with Crippen LogP contribution < -0.4 is 57.0 Å². The number of hydrogen-bond donors (Lipinski definition) is 0. The van der Waals surface area contributed by atoms with Crippen LogP contribution in [0.4, 0.5) is 51.2 Å². The standard InChI is InChI=1S/C74H58B2N4O2/c1-73(2,3)47-35-37-61-55(39-47)56-40-48(74(4,5)6)36-38-62(56)80(61)54-42-66-72-70(44-54)82-68-46-67-59(45-60(68)76(72)58-32-20-22-34-64(58)79(66)52-29-17-10-18-30-52)75-57-31-19-21-33-63(57)78(51-27-15-9-16-28-51)65-41-53(43-69(81-67)71(65)75)77(49-23-11-7-12-24-49)50-25-13-8-14-26-50/h7-46H,1-6H3. The van der Waals surface area contributed by atoms with Gasteiger partial charge in [0.1, 0.15) is 23.0 Å². The second-order valence-electron chi connectivity index (χ2n) is 24.5. The summed E-state index contributed by atoms with van der Waals surface area (Å²) in [5.74, 6) is 3.22. The van der Waals surface area contributed by atoms with Crippen molar-refractivity contribution in [2.24, 2.45) is 0 Å². The average molecular weight is 1060 g/mol. The van der Waals surface area contributed by atoms with Crippen molar-refractivity contribution in [3.05, 3.63) is 254 Å². The minimum atomic E-state index is -0.153. The SMILES string of the molecule is CC(C)(C)c1ccc2c(c1)c1cc(C(C)(C)C)ccc1n2-c1cc2c3c(c1)N(c1ccccc1)c1ccccc1B3c1cc3c(cc1O2)Oc1cc(N(c2ccccc2)c2ccccc2)cc2c1B3c1ccccc1N2c1ccccc1. The van der Waals surface area contributed by atoms with Gasteiger partial charge in [0.2, 0.25) is 0 Å². The lowest BCUT2D eigenvalue weighted by atomic mass is 9.31. The number of benzene rings is 11. The van der Waals surface area contributed by atoms with Crippen LogP contribution >= 0.6 is 0 Å². The van der Waals surface area contributed by atoms with Crippen LogP contribution in [-0.4, -0.2) is 18.0 Å². The molecule has 0 unspecified atom stereocenters. The van der Waals surface area contributed by atoms with Gasteiger partial charge in [-0.3, -0.25) is 0 Å². The molecular weight excluding hydrogens is 998 g/mol. The highest BCUT2D eigenvalue weighted by molar-refractivity contribution is 7.02. The molecule has 0 N–H and O–H groups in total. The van der Waals surface area contributed by atoms with Crippen molar-refractivity contribution in [1.29, 1.82) is 0 Å². The van der Waals surface area contributed by atoms with Crippen molar-refractivity contribution in [3.63, 3.8) is 0 Å². The Morgan fingerprint density at radius 1 is 0.329 bits per heavy atom. The summed E-state index contributed by atoms with van der Waals surface area (Å²) in [6.07, 6.45) is 0. The van der Waals surface area contributed by atoms with Crippen LogP contribution in [-0.2, 0) is 10.8 Å². The van der Waals surface area contributed by atoms with Gasteiger partial charge in [-0.1, -0.05) is 169 Å². The maximum absolute atomic E-state index is 7.56. The molecule has 16 rings (SSSR count). The van der Waals surface area contributed by atoms with Crippen molar-refractivity contribution < 1.29 is 9.47 Å². The third kappa shape index (κ3) is 7.36. The number of nitrogens with zero attached hydrogens (tertiary/aromatic N) is 4. The highest BCUT2D eigenvalue weighted by atomic mass is 16.5. The Morgan fingerprint density at radius 2 is 0.756 bits per heavy atom. The zero-order valence-electron chi connectivity index (χ0n) is 46.9. The van der Waals surface area contributed by atoms with E-state index in [1.54, 1.807) is 0 Å². The fourth-order valence-electron chi connectivity index (χ4n) is 13.7. The Kier molecular flexibility index (Phi) is 10.6. The molecule has 0 saturated heterocycles. The van der Waals surface area contributed by atoms with E-state index >= 15 is 0 Å². The summed E-state index contributed by atoms with van der Waals surface area (Å²) in [5.41, 5.74) is 22.6. The molecule has 5 heterocycles. The molecule has 4 aliphatic heterocycles. The largest absolute Gasteiger partial charge is 0.458 e. The molecule has 11 aromatic carbocycles.